The summed E-state index contributed by atoms with van der Waals surface area (Å²) in [4.78, 5) is 14.3. The van der Waals surface area contributed by atoms with E-state index >= 15 is 0 Å². The van der Waals surface area contributed by atoms with Crippen LogP contribution in [0.5, 0.6) is 0 Å². The number of rotatable bonds is 3. The van der Waals surface area contributed by atoms with E-state index in [2.05, 4.69) is 23.3 Å². The van der Waals surface area contributed by atoms with E-state index in [0.29, 0.717) is 5.69 Å². The first-order chi connectivity index (χ1) is 10.1. The van der Waals surface area contributed by atoms with Crippen LogP contribution in [0.3, 0.4) is 0 Å². The second-order valence-corrected chi connectivity index (χ2v) is 5.58. The van der Waals surface area contributed by atoms with E-state index in [-0.39, 0.29) is 18.5 Å². The number of hydrogen-bond acceptors (Lipinski definition) is 3. The number of aromatic nitrogens is 2. The Morgan fingerprint density at radius 2 is 2.29 bits per heavy atom. The standard InChI is InChI=1S/C16H20N4O/c1-19(16(21)11-20-10-13(17)9-18-20)15-8-4-6-12-5-2-3-7-14(12)15/h2-3,5,7,9-10,15H,4,6,8,11,17H2,1H3. The maximum Gasteiger partial charge on any atom is 0.244 e. The van der Waals surface area contributed by atoms with E-state index in [4.69, 9.17) is 5.73 Å². The highest BCUT2D eigenvalue weighted by Gasteiger charge is 2.26. The lowest BCUT2D eigenvalue weighted by molar-refractivity contribution is -0.133. The van der Waals surface area contributed by atoms with Crippen molar-refractivity contribution in [3.63, 3.8) is 0 Å². The molecule has 1 heterocycles. The van der Waals surface area contributed by atoms with Gasteiger partial charge in [-0.1, -0.05) is 24.3 Å². The van der Waals surface area contributed by atoms with Crippen LogP contribution in [0.4, 0.5) is 5.69 Å². The number of amides is 1. The van der Waals surface area contributed by atoms with Crippen LogP contribution in [0.25, 0.3) is 0 Å². The molecule has 1 aliphatic rings. The number of hydrogen-bond donors (Lipinski definition) is 1. The van der Waals surface area contributed by atoms with E-state index in [9.17, 15) is 4.79 Å². The summed E-state index contributed by atoms with van der Waals surface area (Å²) in [6.07, 6.45) is 6.47. The smallest absolute Gasteiger partial charge is 0.244 e. The molecule has 0 saturated heterocycles. The molecule has 0 spiro atoms. The monoisotopic (exact) mass is 284 g/mol. The molecule has 0 radical (unpaired) electrons. The van der Waals surface area contributed by atoms with Gasteiger partial charge < -0.3 is 10.6 Å². The Labute approximate surface area is 124 Å². The molecule has 0 saturated carbocycles. The second-order valence-electron chi connectivity index (χ2n) is 5.58. The number of fused-ring (bicyclic) bond motifs is 1. The van der Waals surface area contributed by atoms with Crippen molar-refractivity contribution in [3.8, 4) is 0 Å². The predicted molar refractivity (Wildman–Crippen MR) is 81.5 cm³/mol. The van der Waals surface area contributed by atoms with Gasteiger partial charge in [-0.15, -0.1) is 0 Å². The van der Waals surface area contributed by atoms with E-state index in [1.54, 1.807) is 17.1 Å². The third-order valence-corrected chi connectivity index (χ3v) is 4.15. The van der Waals surface area contributed by atoms with Crippen molar-refractivity contribution in [1.82, 2.24) is 14.7 Å². The highest BCUT2D eigenvalue weighted by molar-refractivity contribution is 5.76. The van der Waals surface area contributed by atoms with Crippen molar-refractivity contribution < 1.29 is 4.79 Å². The Balaban J connectivity index is 1.76. The predicted octanol–water partition coefficient (Wildman–Crippen LogP) is 2.00. The van der Waals surface area contributed by atoms with Gasteiger partial charge in [0.25, 0.3) is 0 Å². The number of nitrogens with zero attached hydrogens (tertiary/aromatic N) is 3. The van der Waals surface area contributed by atoms with Crippen LogP contribution in [0.15, 0.2) is 36.7 Å². The number of carbonyl (C=O) groups excluding carboxylic acids is 1. The van der Waals surface area contributed by atoms with Crippen LogP contribution in [0.2, 0.25) is 0 Å². The summed E-state index contributed by atoms with van der Waals surface area (Å²) in [7, 11) is 1.88. The Morgan fingerprint density at radius 3 is 3.05 bits per heavy atom. The van der Waals surface area contributed by atoms with Crippen molar-refractivity contribution in [1.29, 1.82) is 0 Å². The third kappa shape index (κ3) is 2.77. The second kappa shape index (κ2) is 5.60. The maximum atomic E-state index is 12.5. The summed E-state index contributed by atoms with van der Waals surface area (Å²) in [5.41, 5.74) is 8.84. The Bertz CT molecular complexity index is 649. The average molecular weight is 284 g/mol. The minimum Gasteiger partial charge on any atom is -0.396 e. The minimum absolute atomic E-state index is 0.0554. The normalized spacial score (nSPS) is 17.3. The number of nitrogen functional groups attached to an aromatic ring is 1. The molecule has 1 atom stereocenters. The van der Waals surface area contributed by atoms with E-state index in [1.165, 1.54) is 11.1 Å². The van der Waals surface area contributed by atoms with Crippen molar-refractivity contribution >= 4 is 11.6 Å². The molecule has 0 bridgehead atoms. The zero-order valence-corrected chi connectivity index (χ0v) is 12.2. The van der Waals surface area contributed by atoms with Gasteiger partial charge in [0.15, 0.2) is 0 Å². The fourth-order valence-electron chi connectivity index (χ4n) is 3.02. The molecule has 110 valence electrons. The van der Waals surface area contributed by atoms with Gasteiger partial charge in [-0.05, 0) is 30.4 Å². The molecule has 5 heteroatoms. The molecule has 2 N–H and O–H groups in total. The summed E-state index contributed by atoms with van der Waals surface area (Å²) >= 11 is 0. The number of benzene rings is 1. The van der Waals surface area contributed by atoms with Crippen LogP contribution >= 0.6 is 0 Å². The summed E-state index contributed by atoms with van der Waals surface area (Å²) in [6.45, 7) is 0.229. The number of likely N-dealkylation sites (N-methyl/N-ethyl adjacent to an activating group) is 1. The van der Waals surface area contributed by atoms with Gasteiger partial charge in [0.2, 0.25) is 5.91 Å². The van der Waals surface area contributed by atoms with Gasteiger partial charge in [-0.2, -0.15) is 5.10 Å². The number of carbonyl (C=O) groups is 1. The molecule has 3 rings (SSSR count). The van der Waals surface area contributed by atoms with Gasteiger partial charge in [-0.3, -0.25) is 9.48 Å². The van der Waals surface area contributed by atoms with Gasteiger partial charge in [-0.25, -0.2) is 0 Å². The largest absolute Gasteiger partial charge is 0.396 e. The van der Waals surface area contributed by atoms with E-state index in [0.717, 1.165) is 19.3 Å². The molecule has 0 fully saturated rings. The molecule has 1 amide bonds. The van der Waals surface area contributed by atoms with Gasteiger partial charge in [0, 0.05) is 13.2 Å². The molecule has 21 heavy (non-hydrogen) atoms. The van der Waals surface area contributed by atoms with Crippen LogP contribution in [0.1, 0.15) is 30.0 Å². The van der Waals surface area contributed by atoms with Gasteiger partial charge in [0.1, 0.15) is 6.54 Å². The van der Waals surface area contributed by atoms with E-state index in [1.807, 2.05) is 18.0 Å². The molecule has 0 aliphatic heterocycles. The molecular weight excluding hydrogens is 264 g/mol. The topological polar surface area (TPSA) is 64.2 Å². The molecule has 1 aromatic carbocycles. The van der Waals surface area contributed by atoms with Crippen molar-refractivity contribution in [2.45, 2.75) is 31.8 Å². The molecular formula is C16H20N4O. The molecule has 5 nitrogen and oxygen atoms in total. The summed E-state index contributed by atoms with van der Waals surface area (Å²) in [5.74, 6) is 0.0554. The molecule has 1 aromatic heterocycles. The third-order valence-electron chi connectivity index (χ3n) is 4.15. The lowest BCUT2D eigenvalue weighted by Crippen LogP contribution is -2.35. The summed E-state index contributed by atoms with van der Waals surface area (Å²) < 4.78 is 1.59. The fraction of sp³-hybridized carbons (Fsp3) is 0.375. The zero-order chi connectivity index (χ0) is 14.8. The first-order valence-corrected chi connectivity index (χ1v) is 7.26. The highest BCUT2D eigenvalue weighted by Crippen LogP contribution is 2.33. The maximum absolute atomic E-state index is 12.5. The van der Waals surface area contributed by atoms with Crippen molar-refractivity contribution in [3.05, 3.63) is 47.8 Å². The number of nitrogens with two attached hydrogens (primary N) is 1. The van der Waals surface area contributed by atoms with Crippen molar-refractivity contribution in [2.24, 2.45) is 0 Å². The average Bonchev–Trinajstić information content (AvgIpc) is 2.91. The van der Waals surface area contributed by atoms with Crippen molar-refractivity contribution in [2.75, 3.05) is 12.8 Å². The summed E-state index contributed by atoms with van der Waals surface area (Å²) in [6, 6.07) is 8.57. The van der Waals surface area contributed by atoms with E-state index < -0.39 is 0 Å². The van der Waals surface area contributed by atoms with Crippen LogP contribution < -0.4 is 5.73 Å². The molecule has 2 aromatic rings. The Kier molecular flexibility index (Phi) is 3.64. The first kappa shape index (κ1) is 13.7. The first-order valence-electron chi connectivity index (χ1n) is 7.26. The van der Waals surface area contributed by atoms with Gasteiger partial charge >= 0.3 is 0 Å². The molecule has 1 aliphatic carbocycles. The Hall–Kier alpha value is -2.30. The van der Waals surface area contributed by atoms with Crippen LogP contribution in [-0.2, 0) is 17.8 Å². The summed E-state index contributed by atoms with van der Waals surface area (Å²) in [5, 5.41) is 4.07. The van der Waals surface area contributed by atoms with Gasteiger partial charge in [0.05, 0.1) is 17.9 Å². The zero-order valence-electron chi connectivity index (χ0n) is 12.2. The highest BCUT2D eigenvalue weighted by atomic mass is 16.2. The number of aryl methyl sites for hydroxylation is 1. The SMILES string of the molecule is CN(C(=O)Cn1cc(N)cn1)C1CCCc2ccccc21. The quantitative estimate of drug-likeness (QED) is 0.937. The fourth-order valence-corrected chi connectivity index (χ4v) is 3.02. The lowest BCUT2D eigenvalue weighted by atomic mass is 9.87. The Morgan fingerprint density at radius 1 is 1.48 bits per heavy atom. The minimum atomic E-state index is 0.0554. The van der Waals surface area contributed by atoms with Crippen LogP contribution in [-0.4, -0.2) is 27.6 Å². The molecule has 1 unspecified atom stereocenters. The van der Waals surface area contributed by atoms with Crippen LogP contribution in [0, 0.1) is 0 Å². The number of anilines is 1. The lowest BCUT2D eigenvalue weighted by Gasteiger charge is -2.33.